The molecule has 1 aliphatic rings. The van der Waals surface area contributed by atoms with Crippen molar-refractivity contribution in [2.75, 3.05) is 25.5 Å². The molecule has 1 amide bonds. The molecule has 174 valence electrons. The van der Waals surface area contributed by atoms with E-state index in [9.17, 15) is 4.79 Å². The summed E-state index contributed by atoms with van der Waals surface area (Å²) in [6, 6.07) is 21.4. The first-order chi connectivity index (χ1) is 16.6. The molecule has 1 aliphatic heterocycles. The lowest BCUT2D eigenvalue weighted by Gasteiger charge is -2.19. The Morgan fingerprint density at radius 3 is 2.62 bits per heavy atom. The van der Waals surface area contributed by atoms with Gasteiger partial charge in [-0.05, 0) is 81.4 Å². The molecule has 1 atom stereocenters. The van der Waals surface area contributed by atoms with Crippen LogP contribution in [-0.4, -0.2) is 51.6 Å². The van der Waals surface area contributed by atoms with Crippen LogP contribution in [-0.2, 0) is 0 Å². The second kappa shape index (κ2) is 9.83. The van der Waals surface area contributed by atoms with Gasteiger partial charge in [-0.15, -0.1) is 5.10 Å². The van der Waals surface area contributed by atoms with Crippen molar-refractivity contribution in [3.8, 4) is 11.3 Å². The molecule has 5 rings (SSSR count). The van der Waals surface area contributed by atoms with Crippen molar-refractivity contribution in [2.24, 2.45) is 0 Å². The van der Waals surface area contributed by atoms with E-state index >= 15 is 0 Å². The number of anilines is 2. The van der Waals surface area contributed by atoms with E-state index in [0.717, 1.165) is 35.6 Å². The fraction of sp³-hybridized carbons (Fsp3) is 0.269. The molecule has 2 aromatic carbocycles. The average molecular weight is 475 g/mol. The smallest absolute Gasteiger partial charge is 0.251 e. The van der Waals surface area contributed by atoms with Gasteiger partial charge in [0.15, 0.2) is 5.65 Å². The zero-order valence-electron chi connectivity index (χ0n) is 19.0. The molecule has 34 heavy (non-hydrogen) atoms. The van der Waals surface area contributed by atoms with Gasteiger partial charge >= 0.3 is 0 Å². The standard InChI is InChI=1S/C26H27ClN6O/c1-32-17-3-4-22(32)15-16-28-25(34)19-9-13-21(14-10-19)29-26-30-24-6-2-5-23(33(24)31-26)18-7-11-20(27)12-8-18/h2,5-14,22H,3-4,15-17H2,1H3,(H,28,34)(H,29,31). The summed E-state index contributed by atoms with van der Waals surface area (Å²) in [6.45, 7) is 1.84. The summed E-state index contributed by atoms with van der Waals surface area (Å²) in [5.74, 6) is 0.435. The maximum atomic E-state index is 12.5. The number of hydrogen-bond donors (Lipinski definition) is 2. The van der Waals surface area contributed by atoms with Crippen molar-refractivity contribution >= 4 is 34.8 Å². The van der Waals surface area contributed by atoms with Gasteiger partial charge in [-0.2, -0.15) is 4.98 Å². The number of benzene rings is 2. The molecule has 0 bridgehead atoms. The molecule has 8 heteroatoms. The molecular formula is C26H27ClN6O. The van der Waals surface area contributed by atoms with Crippen molar-refractivity contribution in [1.82, 2.24) is 24.8 Å². The topological polar surface area (TPSA) is 74.6 Å². The highest BCUT2D eigenvalue weighted by atomic mass is 35.5. The molecule has 2 N–H and O–H groups in total. The average Bonchev–Trinajstić information content (AvgIpc) is 3.45. The first-order valence-electron chi connectivity index (χ1n) is 11.5. The van der Waals surface area contributed by atoms with E-state index in [2.05, 4.69) is 32.7 Å². The van der Waals surface area contributed by atoms with Crippen LogP contribution in [0.5, 0.6) is 0 Å². The van der Waals surface area contributed by atoms with Crippen molar-refractivity contribution in [1.29, 1.82) is 0 Å². The zero-order chi connectivity index (χ0) is 23.5. The number of halogens is 1. The largest absolute Gasteiger partial charge is 0.352 e. The van der Waals surface area contributed by atoms with Crippen molar-refractivity contribution < 1.29 is 4.79 Å². The summed E-state index contributed by atoms with van der Waals surface area (Å²) in [7, 11) is 2.15. The molecule has 0 spiro atoms. The second-order valence-electron chi connectivity index (χ2n) is 8.65. The van der Waals surface area contributed by atoms with Gasteiger partial charge < -0.3 is 15.5 Å². The Bertz CT molecular complexity index is 1290. The maximum absolute atomic E-state index is 12.5. The Labute approximate surface area is 203 Å². The molecular weight excluding hydrogens is 448 g/mol. The molecule has 0 radical (unpaired) electrons. The normalized spacial score (nSPS) is 16.1. The molecule has 1 saturated heterocycles. The van der Waals surface area contributed by atoms with Gasteiger partial charge in [0.2, 0.25) is 5.95 Å². The number of fused-ring (bicyclic) bond motifs is 1. The van der Waals surface area contributed by atoms with Gasteiger partial charge in [-0.1, -0.05) is 29.8 Å². The molecule has 3 heterocycles. The number of nitrogens with zero attached hydrogens (tertiary/aromatic N) is 4. The summed E-state index contributed by atoms with van der Waals surface area (Å²) in [5, 5.41) is 11.6. The third kappa shape index (κ3) is 4.90. The lowest BCUT2D eigenvalue weighted by molar-refractivity contribution is 0.0950. The summed E-state index contributed by atoms with van der Waals surface area (Å²) in [4.78, 5) is 19.5. The lowest BCUT2D eigenvalue weighted by atomic mass is 10.1. The first kappa shape index (κ1) is 22.4. The number of amides is 1. The van der Waals surface area contributed by atoms with E-state index in [1.807, 2.05) is 66.7 Å². The number of likely N-dealkylation sites (tertiary alicyclic amines) is 1. The minimum Gasteiger partial charge on any atom is -0.352 e. The highest BCUT2D eigenvalue weighted by Gasteiger charge is 2.20. The monoisotopic (exact) mass is 474 g/mol. The number of rotatable bonds is 7. The minimum atomic E-state index is -0.0503. The van der Waals surface area contributed by atoms with E-state index in [0.29, 0.717) is 29.1 Å². The number of hydrogen-bond acceptors (Lipinski definition) is 5. The molecule has 0 aliphatic carbocycles. The van der Waals surface area contributed by atoms with Crippen molar-refractivity contribution in [3.63, 3.8) is 0 Å². The third-order valence-electron chi connectivity index (χ3n) is 6.34. The summed E-state index contributed by atoms with van der Waals surface area (Å²) in [6.07, 6.45) is 3.44. The van der Waals surface area contributed by atoms with Gasteiger partial charge in [0, 0.05) is 34.4 Å². The Morgan fingerprint density at radius 1 is 1.09 bits per heavy atom. The van der Waals surface area contributed by atoms with Gasteiger partial charge in [0.25, 0.3) is 5.91 Å². The van der Waals surface area contributed by atoms with Crippen LogP contribution in [0, 0.1) is 0 Å². The molecule has 1 fully saturated rings. The van der Waals surface area contributed by atoms with Crippen LogP contribution < -0.4 is 10.6 Å². The Morgan fingerprint density at radius 2 is 1.88 bits per heavy atom. The minimum absolute atomic E-state index is 0.0503. The first-order valence-corrected chi connectivity index (χ1v) is 11.9. The van der Waals surface area contributed by atoms with Crippen LogP contribution in [0.1, 0.15) is 29.6 Å². The number of aromatic nitrogens is 3. The summed E-state index contributed by atoms with van der Waals surface area (Å²) < 4.78 is 1.80. The number of nitrogens with one attached hydrogen (secondary N) is 2. The molecule has 0 saturated carbocycles. The molecule has 2 aromatic heterocycles. The van der Waals surface area contributed by atoms with Crippen LogP contribution in [0.25, 0.3) is 16.9 Å². The van der Waals surface area contributed by atoms with Gasteiger partial charge in [-0.25, -0.2) is 4.52 Å². The second-order valence-corrected chi connectivity index (χ2v) is 9.08. The summed E-state index contributed by atoms with van der Waals surface area (Å²) in [5.41, 5.74) is 4.11. The molecule has 7 nitrogen and oxygen atoms in total. The lowest BCUT2D eigenvalue weighted by Crippen LogP contribution is -2.31. The van der Waals surface area contributed by atoms with Gasteiger partial charge in [-0.3, -0.25) is 4.79 Å². The summed E-state index contributed by atoms with van der Waals surface area (Å²) >= 11 is 6.03. The zero-order valence-corrected chi connectivity index (χ0v) is 19.8. The van der Waals surface area contributed by atoms with E-state index < -0.39 is 0 Å². The molecule has 4 aromatic rings. The predicted octanol–water partition coefficient (Wildman–Crippen LogP) is 5.01. The quantitative estimate of drug-likeness (QED) is 0.394. The van der Waals surface area contributed by atoms with Crippen LogP contribution in [0.4, 0.5) is 11.6 Å². The van der Waals surface area contributed by atoms with E-state index in [1.165, 1.54) is 12.8 Å². The van der Waals surface area contributed by atoms with Gasteiger partial charge in [0.05, 0.1) is 5.69 Å². The third-order valence-corrected chi connectivity index (χ3v) is 6.59. The maximum Gasteiger partial charge on any atom is 0.251 e. The number of pyridine rings is 1. The SMILES string of the molecule is CN1CCCC1CCNC(=O)c1ccc(Nc2nc3cccc(-c4ccc(Cl)cc4)n3n2)cc1. The fourth-order valence-corrected chi connectivity index (χ4v) is 4.56. The van der Waals surface area contributed by atoms with Gasteiger partial charge in [0.1, 0.15) is 0 Å². The highest BCUT2D eigenvalue weighted by Crippen LogP contribution is 2.24. The fourth-order valence-electron chi connectivity index (χ4n) is 4.43. The highest BCUT2D eigenvalue weighted by molar-refractivity contribution is 6.30. The predicted molar refractivity (Wildman–Crippen MR) is 136 cm³/mol. The van der Waals surface area contributed by atoms with Crippen LogP contribution in [0.3, 0.4) is 0 Å². The Hall–Kier alpha value is -3.42. The van der Waals surface area contributed by atoms with Crippen LogP contribution in [0.2, 0.25) is 5.02 Å². The Kier molecular flexibility index (Phi) is 6.47. The Balaban J connectivity index is 1.24. The number of carbonyl (C=O) groups excluding carboxylic acids is 1. The molecule has 1 unspecified atom stereocenters. The van der Waals surface area contributed by atoms with E-state index in [-0.39, 0.29) is 5.91 Å². The van der Waals surface area contributed by atoms with E-state index in [1.54, 1.807) is 4.52 Å². The van der Waals surface area contributed by atoms with Crippen LogP contribution in [0.15, 0.2) is 66.7 Å². The van der Waals surface area contributed by atoms with E-state index in [4.69, 9.17) is 11.6 Å². The van der Waals surface area contributed by atoms with Crippen molar-refractivity contribution in [3.05, 3.63) is 77.3 Å². The number of carbonyl (C=O) groups is 1. The van der Waals surface area contributed by atoms with Crippen LogP contribution >= 0.6 is 11.6 Å². The van der Waals surface area contributed by atoms with Crippen molar-refractivity contribution in [2.45, 2.75) is 25.3 Å².